The van der Waals surface area contributed by atoms with Gasteiger partial charge in [0.25, 0.3) is 0 Å². The van der Waals surface area contributed by atoms with E-state index in [1.54, 1.807) is 17.8 Å². The van der Waals surface area contributed by atoms with Gasteiger partial charge in [0.2, 0.25) is 0 Å². The topological polar surface area (TPSA) is 17.1 Å². The number of carbonyl (C=O) groups is 1. The third-order valence-electron chi connectivity index (χ3n) is 3.08. The van der Waals surface area contributed by atoms with Crippen LogP contribution in [0, 0.1) is 0 Å². The molecule has 0 atom stereocenters. The summed E-state index contributed by atoms with van der Waals surface area (Å²) < 4.78 is 0. The maximum absolute atomic E-state index is 11.1. The Hall–Kier alpha value is -1.25. The van der Waals surface area contributed by atoms with Crippen LogP contribution in [0.3, 0.4) is 0 Å². The van der Waals surface area contributed by atoms with E-state index >= 15 is 0 Å². The van der Waals surface area contributed by atoms with Crippen LogP contribution >= 0.6 is 23.4 Å². The molecule has 0 spiro atoms. The van der Waals surface area contributed by atoms with E-state index in [0.717, 1.165) is 16.1 Å². The Labute approximate surface area is 129 Å². The third-order valence-corrected chi connectivity index (χ3v) is 4.49. The first kappa shape index (κ1) is 15.1. The molecule has 0 aliphatic rings. The molecular weight excluding hydrogens is 288 g/mol. The fraction of sp³-hybridized carbons (Fsp3) is 0.235. The molecule has 0 fully saturated rings. The van der Waals surface area contributed by atoms with E-state index in [9.17, 15) is 4.79 Å². The molecule has 0 N–H and O–H groups in total. The fourth-order valence-electron chi connectivity index (χ4n) is 1.87. The van der Waals surface area contributed by atoms with Gasteiger partial charge in [-0.25, -0.2) is 0 Å². The number of hydrogen-bond donors (Lipinski definition) is 0. The van der Waals surface area contributed by atoms with Crippen molar-refractivity contribution >= 4 is 29.6 Å². The van der Waals surface area contributed by atoms with Gasteiger partial charge in [-0.2, -0.15) is 0 Å². The zero-order valence-electron chi connectivity index (χ0n) is 11.8. The quantitative estimate of drug-likeness (QED) is 0.686. The number of aldehydes is 1. The first-order valence-electron chi connectivity index (χ1n) is 6.44. The van der Waals surface area contributed by atoms with Gasteiger partial charge in [0, 0.05) is 15.4 Å². The molecule has 3 heteroatoms. The molecule has 104 valence electrons. The predicted molar refractivity (Wildman–Crippen MR) is 86.1 cm³/mol. The Morgan fingerprint density at radius 3 is 2.25 bits per heavy atom. The lowest BCUT2D eigenvalue weighted by atomic mass is 9.87. The molecule has 0 aliphatic heterocycles. The highest BCUT2D eigenvalue weighted by Gasteiger charge is 2.13. The van der Waals surface area contributed by atoms with Crippen molar-refractivity contribution in [2.45, 2.75) is 36.0 Å². The van der Waals surface area contributed by atoms with Crippen LogP contribution in [0.5, 0.6) is 0 Å². The highest BCUT2D eigenvalue weighted by atomic mass is 35.5. The third kappa shape index (κ3) is 3.44. The Kier molecular flexibility index (Phi) is 4.56. The molecule has 0 saturated carbocycles. The van der Waals surface area contributed by atoms with Crippen LogP contribution in [0.15, 0.2) is 52.3 Å². The van der Waals surface area contributed by atoms with Crippen molar-refractivity contribution in [2.24, 2.45) is 0 Å². The van der Waals surface area contributed by atoms with E-state index < -0.39 is 0 Å². The van der Waals surface area contributed by atoms with Crippen LogP contribution < -0.4 is 0 Å². The van der Waals surface area contributed by atoms with Crippen LogP contribution in [-0.2, 0) is 5.41 Å². The van der Waals surface area contributed by atoms with E-state index in [1.165, 1.54) is 5.56 Å². The highest BCUT2D eigenvalue weighted by molar-refractivity contribution is 7.99. The second-order valence-corrected chi connectivity index (χ2v) is 7.17. The molecule has 0 heterocycles. The maximum Gasteiger partial charge on any atom is 0.152 e. The molecule has 0 aliphatic carbocycles. The smallest absolute Gasteiger partial charge is 0.152 e. The lowest BCUT2D eigenvalue weighted by Gasteiger charge is -2.19. The van der Waals surface area contributed by atoms with Gasteiger partial charge in [0.05, 0.1) is 5.02 Å². The van der Waals surface area contributed by atoms with E-state index in [2.05, 4.69) is 45.0 Å². The van der Waals surface area contributed by atoms with Gasteiger partial charge in [0.15, 0.2) is 6.29 Å². The maximum atomic E-state index is 11.1. The summed E-state index contributed by atoms with van der Waals surface area (Å²) in [7, 11) is 0. The van der Waals surface area contributed by atoms with Gasteiger partial charge in [-0.1, -0.05) is 62.3 Å². The normalized spacial score (nSPS) is 11.4. The van der Waals surface area contributed by atoms with E-state index in [4.69, 9.17) is 11.6 Å². The average Bonchev–Trinajstić information content (AvgIpc) is 2.38. The number of benzene rings is 2. The van der Waals surface area contributed by atoms with Crippen molar-refractivity contribution in [3.05, 3.63) is 58.6 Å². The summed E-state index contributed by atoms with van der Waals surface area (Å²) in [5, 5.41) is 0.497. The zero-order valence-corrected chi connectivity index (χ0v) is 13.4. The summed E-state index contributed by atoms with van der Waals surface area (Å²) in [5.41, 5.74) is 2.00. The van der Waals surface area contributed by atoms with Gasteiger partial charge in [-0.3, -0.25) is 4.79 Å². The summed E-state index contributed by atoms with van der Waals surface area (Å²) in [6.45, 7) is 6.57. The molecule has 0 saturated heterocycles. The highest BCUT2D eigenvalue weighted by Crippen LogP contribution is 2.34. The molecule has 1 nitrogen and oxygen atoms in total. The molecule has 0 aromatic heterocycles. The summed E-state index contributed by atoms with van der Waals surface area (Å²) in [4.78, 5) is 13.1. The predicted octanol–water partition coefficient (Wildman–Crippen LogP) is 5.60. The Balaban J connectivity index is 2.27. The molecule has 0 radical (unpaired) electrons. The van der Waals surface area contributed by atoms with Crippen molar-refractivity contribution in [2.75, 3.05) is 0 Å². The summed E-state index contributed by atoms with van der Waals surface area (Å²) >= 11 is 7.59. The van der Waals surface area contributed by atoms with Crippen LogP contribution in [0.2, 0.25) is 5.02 Å². The Bertz CT molecular complexity index is 612. The van der Waals surface area contributed by atoms with Crippen LogP contribution in [0.1, 0.15) is 36.7 Å². The number of carbonyl (C=O) groups excluding carboxylic acids is 1. The van der Waals surface area contributed by atoms with E-state index in [1.807, 2.05) is 12.1 Å². The van der Waals surface area contributed by atoms with Crippen LogP contribution in [-0.4, -0.2) is 6.29 Å². The molecule has 2 rings (SSSR count). The lowest BCUT2D eigenvalue weighted by molar-refractivity contribution is 0.112. The fourth-order valence-corrected chi connectivity index (χ4v) is 3.09. The second kappa shape index (κ2) is 6.02. The number of rotatable bonds is 3. The standard InChI is InChI=1S/C17H17ClOS/c1-17(2,3)12-7-9-13(10-8-12)20-16-6-4-5-15(18)14(16)11-19/h4-11H,1-3H3. The molecule has 2 aromatic rings. The van der Waals surface area contributed by atoms with Crippen molar-refractivity contribution in [1.29, 1.82) is 0 Å². The van der Waals surface area contributed by atoms with Crippen molar-refractivity contribution in [3.63, 3.8) is 0 Å². The van der Waals surface area contributed by atoms with E-state index in [-0.39, 0.29) is 5.41 Å². The minimum Gasteiger partial charge on any atom is -0.298 e. The minimum atomic E-state index is 0.146. The Morgan fingerprint density at radius 1 is 1.05 bits per heavy atom. The molecule has 0 unspecified atom stereocenters. The minimum absolute atomic E-state index is 0.146. The first-order valence-corrected chi connectivity index (χ1v) is 7.63. The van der Waals surface area contributed by atoms with Crippen molar-refractivity contribution in [3.8, 4) is 0 Å². The second-order valence-electron chi connectivity index (χ2n) is 5.65. The SMILES string of the molecule is CC(C)(C)c1ccc(Sc2cccc(Cl)c2C=O)cc1. The molecule has 2 aromatic carbocycles. The summed E-state index contributed by atoms with van der Waals surface area (Å²) in [6, 6.07) is 13.9. The van der Waals surface area contributed by atoms with Crippen LogP contribution in [0.25, 0.3) is 0 Å². The molecular formula is C17H17ClOS. The van der Waals surface area contributed by atoms with Gasteiger partial charge < -0.3 is 0 Å². The van der Waals surface area contributed by atoms with E-state index in [0.29, 0.717) is 10.6 Å². The number of halogens is 1. The molecule has 0 bridgehead atoms. The summed E-state index contributed by atoms with van der Waals surface area (Å²) in [6.07, 6.45) is 0.814. The Morgan fingerprint density at radius 2 is 1.70 bits per heavy atom. The average molecular weight is 305 g/mol. The summed E-state index contributed by atoms with van der Waals surface area (Å²) in [5.74, 6) is 0. The van der Waals surface area contributed by atoms with Gasteiger partial charge in [-0.05, 0) is 35.2 Å². The zero-order chi connectivity index (χ0) is 14.8. The largest absolute Gasteiger partial charge is 0.298 e. The lowest BCUT2D eigenvalue weighted by Crippen LogP contribution is -2.10. The molecule has 0 amide bonds. The molecule has 20 heavy (non-hydrogen) atoms. The van der Waals surface area contributed by atoms with Gasteiger partial charge in [-0.15, -0.1) is 0 Å². The van der Waals surface area contributed by atoms with Gasteiger partial charge >= 0.3 is 0 Å². The monoisotopic (exact) mass is 304 g/mol. The number of hydrogen-bond acceptors (Lipinski definition) is 2. The van der Waals surface area contributed by atoms with Gasteiger partial charge in [0.1, 0.15) is 0 Å². The van der Waals surface area contributed by atoms with Crippen LogP contribution in [0.4, 0.5) is 0 Å². The van der Waals surface area contributed by atoms with Crippen molar-refractivity contribution in [1.82, 2.24) is 0 Å². The van der Waals surface area contributed by atoms with Crippen molar-refractivity contribution < 1.29 is 4.79 Å². The first-order chi connectivity index (χ1) is 9.41.